The van der Waals surface area contributed by atoms with E-state index >= 15 is 0 Å². The van der Waals surface area contributed by atoms with E-state index in [1.165, 1.54) is 6.20 Å². The Hall–Kier alpha value is -2.93. The maximum atomic E-state index is 12.6. The van der Waals surface area contributed by atoms with Crippen molar-refractivity contribution >= 4 is 17.5 Å². The Morgan fingerprint density at radius 3 is 2.57 bits per heavy atom. The van der Waals surface area contributed by atoms with Crippen molar-refractivity contribution in [2.75, 3.05) is 20.2 Å². The van der Waals surface area contributed by atoms with E-state index in [4.69, 9.17) is 20.9 Å². The smallest absolute Gasteiger partial charge is 0.255 e. The highest BCUT2D eigenvalue weighted by atomic mass is 35.5. The molecule has 0 saturated carbocycles. The fraction of sp³-hybridized carbons (Fsp3) is 0.300. The Morgan fingerprint density at radius 2 is 1.93 bits per heavy atom. The van der Waals surface area contributed by atoms with E-state index in [0.29, 0.717) is 35.5 Å². The first-order valence-corrected chi connectivity index (χ1v) is 9.40. The predicted octanol–water partition coefficient (Wildman–Crippen LogP) is 3.81. The van der Waals surface area contributed by atoms with E-state index in [0.717, 1.165) is 24.2 Å². The quantitative estimate of drug-likeness (QED) is 0.621. The van der Waals surface area contributed by atoms with E-state index in [2.05, 4.69) is 15.1 Å². The molecular weight excluding hydrogens is 380 g/mol. The number of hydrogen-bond acceptors (Lipinski definition) is 6. The molecule has 1 fully saturated rings. The number of carbonyl (C=O) groups is 1. The summed E-state index contributed by atoms with van der Waals surface area (Å²) in [5.41, 5.74) is 1.42. The molecule has 1 aromatic carbocycles. The number of ether oxygens (including phenoxy) is 1. The van der Waals surface area contributed by atoms with Gasteiger partial charge in [-0.1, -0.05) is 16.8 Å². The maximum Gasteiger partial charge on any atom is 0.255 e. The van der Waals surface area contributed by atoms with Crippen molar-refractivity contribution < 1.29 is 14.1 Å². The molecule has 1 aliphatic rings. The highest BCUT2D eigenvalue weighted by molar-refractivity contribution is 6.29. The van der Waals surface area contributed by atoms with Crippen LogP contribution in [-0.4, -0.2) is 46.1 Å². The molecule has 28 heavy (non-hydrogen) atoms. The van der Waals surface area contributed by atoms with E-state index in [1.807, 2.05) is 29.2 Å². The van der Waals surface area contributed by atoms with Crippen LogP contribution in [0.5, 0.6) is 5.75 Å². The van der Waals surface area contributed by atoms with Gasteiger partial charge in [0.2, 0.25) is 11.7 Å². The molecule has 3 aromatic rings. The standard InChI is InChI=1S/C20H19ClN4O3/c1-27-16-5-2-13(3-6-16)18-23-19(28-24-18)14-8-10-25(11-9-14)20(26)15-4-7-17(21)22-12-15/h2-7,12,14H,8-11H2,1H3. The van der Waals surface area contributed by atoms with Crippen molar-refractivity contribution in [1.29, 1.82) is 0 Å². The molecule has 0 unspecified atom stereocenters. The number of rotatable bonds is 4. The molecule has 0 spiro atoms. The lowest BCUT2D eigenvalue weighted by Gasteiger charge is -2.30. The first-order chi connectivity index (χ1) is 13.6. The highest BCUT2D eigenvalue weighted by Gasteiger charge is 2.28. The summed E-state index contributed by atoms with van der Waals surface area (Å²) in [5.74, 6) is 2.06. The number of methoxy groups -OCH3 is 1. The van der Waals surface area contributed by atoms with Gasteiger partial charge in [-0.3, -0.25) is 4.79 Å². The molecule has 1 amide bonds. The van der Waals surface area contributed by atoms with Gasteiger partial charge in [-0.25, -0.2) is 4.98 Å². The lowest BCUT2D eigenvalue weighted by atomic mass is 9.96. The summed E-state index contributed by atoms with van der Waals surface area (Å²) in [6.45, 7) is 1.26. The van der Waals surface area contributed by atoms with Crippen LogP contribution in [0.3, 0.4) is 0 Å². The maximum absolute atomic E-state index is 12.6. The zero-order chi connectivity index (χ0) is 19.5. The van der Waals surface area contributed by atoms with Gasteiger partial charge in [0.25, 0.3) is 5.91 Å². The van der Waals surface area contributed by atoms with Crippen LogP contribution in [-0.2, 0) is 0 Å². The van der Waals surface area contributed by atoms with Gasteiger partial charge < -0.3 is 14.2 Å². The van der Waals surface area contributed by atoms with Crippen molar-refractivity contribution in [2.24, 2.45) is 0 Å². The largest absolute Gasteiger partial charge is 0.497 e. The molecule has 4 rings (SSSR count). The Balaban J connectivity index is 1.39. The SMILES string of the molecule is COc1ccc(-c2noc(C3CCN(C(=O)c4ccc(Cl)nc4)CC3)n2)cc1. The molecule has 1 saturated heterocycles. The van der Waals surface area contributed by atoms with Crippen LogP contribution in [0, 0.1) is 0 Å². The molecule has 8 heteroatoms. The van der Waals surface area contributed by atoms with E-state index < -0.39 is 0 Å². The van der Waals surface area contributed by atoms with Crippen LogP contribution in [0.25, 0.3) is 11.4 Å². The number of amides is 1. The van der Waals surface area contributed by atoms with Crippen LogP contribution in [0.15, 0.2) is 47.1 Å². The predicted molar refractivity (Wildman–Crippen MR) is 103 cm³/mol. The number of halogens is 1. The Labute approximate surface area is 167 Å². The third kappa shape index (κ3) is 3.84. The fourth-order valence-electron chi connectivity index (χ4n) is 3.27. The Kier molecular flexibility index (Phi) is 5.25. The first kappa shape index (κ1) is 18.4. The second-order valence-corrected chi connectivity index (χ2v) is 7.01. The van der Waals surface area contributed by atoms with Gasteiger partial charge in [0, 0.05) is 30.8 Å². The summed E-state index contributed by atoms with van der Waals surface area (Å²) in [7, 11) is 1.63. The van der Waals surface area contributed by atoms with Gasteiger partial charge in [0.1, 0.15) is 10.9 Å². The average Bonchev–Trinajstić information content (AvgIpc) is 3.24. The number of hydrogen-bond donors (Lipinski definition) is 0. The van der Waals surface area contributed by atoms with Crippen molar-refractivity contribution in [2.45, 2.75) is 18.8 Å². The Bertz CT molecular complexity index is 948. The Morgan fingerprint density at radius 1 is 1.18 bits per heavy atom. The minimum Gasteiger partial charge on any atom is -0.497 e. The fourth-order valence-corrected chi connectivity index (χ4v) is 3.38. The molecule has 7 nitrogen and oxygen atoms in total. The number of aromatic nitrogens is 3. The number of likely N-dealkylation sites (tertiary alicyclic amines) is 1. The highest BCUT2D eigenvalue weighted by Crippen LogP contribution is 2.29. The second kappa shape index (κ2) is 7.98. The van der Waals surface area contributed by atoms with Crippen LogP contribution < -0.4 is 4.74 Å². The van der Waals surface area contributed by atoms with Gasteiger partial charge >= 0.3 is 0 Å². The molecule has 2 aromatic heterocycles. The molecular formula is C20H19ClN4O3. The van der Waals surface area contributed by atoms with Crippen molar-refractivity contribution in [3.8, 4) is 17.1 Å². The minimum atomic E-state index is -0.0351. The molecule has 144 valence electrons. The summed E-state index contributed by atoms with van der Waals surface area (Å²) in [5, 5.41) is 4.47. The summed E-state index contributed by atoms with van der Waals surface area (Å²) in [6.07, 6.45) is 3.06. The number of nitrogens with zero attached hydrogens (tertiary/aromatic N) is 4. The van der Waals surface area contributed by atoms with Crippen LogP contribution in [0.4, 0.5) is 0 Å². The average molecular weight is 399 g/mol. The van der Waals surface area contributed by atoms with Crippen LogP contribution >= 0.6 is 11.6 Å². The van der Waals surface area contributed by atoms with Gasteiger partial charge in [-0.2, -0.15) is 4.98 Å². The first-order valence-electron chi connectivity index (χ1n) is 9.03. The second-order valence-electron chi connectivity index (χ2n) is 6.62. The van der Waals surface area contributed by atoms with E-state index in [1.54, 1.807) is 19.2 Å². The summed E-state index contributed by atoms with van der Waals surface area (Å²) in [4.78, 5) is 22.9. The topological polar surface area (TPSA) is 81.4 Å². The lowest BCUT2D eigenvalue weighted by Crippen LogP contribution is -2.38. The van der Waals surface area contributed by atoms with Crippen molar-refractivity contribution in [3.63, 3.8) is 0 Å². The number of benzene rings is 1. The number of pyridine rings is 1. The molecule has 1 aliphatic heterocycles. The van der Waals surface area contributed by atoms with E-state index in [9.17, 15) is 4.79 Å². The van der Waals surface area contributed by atoms with Gasteiger partial charge in [0.15, 0.2) is 0 Å². The zero-order valence-electron chi connectivity index (χ0n) is 15.3. The summed E-state index contributed by atoms with van der Waals surface area (Å²) >= 11 is 5.78. The summed E-state index contributed by atoms with van der Waals surface area (Å²) in [6, 6.07) is 10.8. The normalized spacial score (nSPS) is 14.9. The summed E-state index contributed by atoms with van der Waals surface area (Å²) < 4.78 is 10.7. The molecule has 0 radical (unpaired) electrons. The van der Waals surface area contributed by atoms with Crippen molar-refractivity contribution in [1.82, 2.24) is 20.0 Å². The monoisotopic (exact) mass is 398 g/mol. The van der Waals surface area contributed by atoms with Gasteiger partial charge in [-0.15, -0.1) is 0 Å². The molecule has 3 heterocycles. The van der Waals surface area contributed by atoms with Crippen LogP contribution in [0.1, 0.15) is 35.0 Å². The zero-order valence-corrected chi connectivity index (χ0v) is 16.1. The molecule has 0 atom stereocenters. The minimum absolute atomic E-state index is 0.0351. The van der Waals surface area contributed by atoms with Gasteiger partial charge in [0.05, 0.1) is 12.7 Å². The molecule has 0 bridgehead atoms. The molecule has 0 N–H and O–H groups in total. The van der Waals surface area contributed by atoms with E-state index in [-0.39, 0.29) is 11.8 Å². The third-order valence-electron chi connectivity index (χ3n) is 4.90. The van der Waals surface area contributed by atoms with Gasteiger partial charge in [-0.05, 0) is 49.2 Å². The molecule has 0 aliphatic carbocycles. The third-order valence-corrected chi connectivity index (χ3v) is 5.12. The number of piperidine rings is 1. The van der Waals surface area contributed by atoms with Crippen LogP contribution in [0.2, 0.25) is 5.15 Å². The lowest BCUT2D eigenvalue weighted by molar-refractivity contribution is 0.0704. The van der Waals surface area contributed by atoms with Crippen molar-refractivity contribution in [3.05, 3.63) is 59.2 Å². The number of carbonyl (C=O) groups excluding carboxylic acids is 1.